The Morgan fingerprint density at radius 2 is 1.93 bits per heavy atom. The second kappa shape index (κ2) is 9.03. The van der Waals surface area contributed by atoms with Crippen LogP contribution < -0.4 is 4.74 Å². The van der Waals surface area contributed by atoms with Gasteiger partial charge in [0.15, 0.2) is 5.60 Å². The van der Waals surface area contributed by atoms with E-state index in [1.54, 1.807) is 38.1 Å². The largest absolute Gasteiger partial charge is 0.459 e. The van der Waals surface area contributed by atoms with E-state index >= 15 is 0 Å². The van der Waals surface area contributed by atoms with Gasteiger partial charge in [-0.3, -0.25) is 4.79 Å². The van der Waals surface area contributed by atoms with Gasteiger partial charge >= 0.3 is 11.9 Å². The van der Waals surface area contributed by atoms with E-state index < -0.39 is 11.6 Å². The Kier molecular flexibility index (Phi) is 6.46. The molecule has 1 N–H and O–H groups in total. The third-order valence-corrected chi connectivity index (χ3v) is 4.55. The Hall–Kier alpha value is -2.96. The Labute approximate surface area is 169 Å². The number of epoxide rings is 1. The van der Waals surface area contributed by atoms with Gasteiger partial charge in [0.05, 0.1) is 19.1 Å². The molecule has 2 aromatic rings. The fraction of sp³-hybridized carbons (Fsp3) is 0.304. The maximum Gasteiger partial charge on any atom is 0.330 e. The smallest absolute Gasteiger partial charge is 0.330 e. The Morgan fingerprint density at radius 1 is 1.21 bits per heavy atom. The van der Waals surface area contributed by atoms with E-state index in [-0.39, 0.29) is 25.1 Å². The number of aliphatic hydroxyl groups excluding tert-OH is 1. The Bertz CT molecular complexity index is 897. The van der Waals surface area contributed by atoms with E-state index in [4.69, 9.17) is 14.2 Å². The van der Waals surface area contributed by atoms with Crippen LogP contribution in [0.3, 0.4) is 0 Å². The summed E-state index contributed by atoms with van der Waals surface area (Å²) in [7, 11) is 0. The number of ether oxygens (including phenoxy) is 3. The van der Waals surface area contributed by atoms with Crippen LogP contribution in [0.2, 0.25) is 0 Å². The summed E-state index contributed by atoms with van der Waals surface area (Å²) in [6.07, 6.45) is 3.04. The molecule has 6 nitrogen and oxygen atoms in total. The molecule has 3 rings (SSSR count). The van der Waals surface area contributed by atoms with E-state index in [9.17, 15) is 14.7 Å². The molecule has 0 amide bonds. The van der Waals surface area contributed by atoms with Crippen molar-refractivity contribution < 1.29 is 28.9 Å². The zero-order valence-electron chi connectivity index (χ0n) is 16.5. The lowest BCUT2D eigenvalue weighted by molar-refractivity contribution is -0.140. The molecule has 0 radical (unpaired) electrons. The lowest BCUT2D eigenvalue weighted by Crippen LogP contribution is -2.23. The van der Waals surface area contributed by atoms with Gasteiger partial charge in [0, 0.05) is 11.6 Å². The summed E-state index contributed by atoms with van der Waals surface area (Å²) >= 11 is 0. The predicted molar refractivity (Wildman–Crippen MR) is 107 cm³/mol. The number of carbonyl (C=O) groups excluding carboxylic acids is 2. The van der Waals surface area contributed by atoms with Crippen molar-refractivity contribution in [1.82, 2.24) is 0 Å². The normalized spacial score (nSPS) is 18.1. The first-order valence-corrected chi connectivity index (χ1v) is 9.43. The van der Waals surface area contributed by atoms with Gasteiger partial charge in [0.2, 0.25) is 0 Å². The highest BCUT2D eigenvalue weighted by atomic mass is 16.6. The zero-order chi connectivity index (χ0) is 20.9. The molecule has 1 atom stereocenters. The molecule has 1 heterocycles. The molecule has 0 aromatic heterocycles. The number of aliphatic hydroxyl groups is 1. The minimum absolute atomic E-state index is 0.00430. The van der Waals surface area contributed by atoms with E-state index in [0.29, 0.717) is 23.5 Å². The van der Waals surface area contributed by atoms with Crippen molar-refractivity contribution in [1.29, 1.82) is 0 Å². The average molecular weight is 396 g/mol. The second-order valence-electron chi connectivity index (χ2n) is 7.20. The summed E-state index contributed by atoms with van der Waals surface area (Å²) in [5.41, 5.74) is 1.27. The van der Waals surface area contributed by atoms with Crippen LogP contribution in [0.15, 0.2) is 54.6 Å². The van der Waals surface area contributed by atoms with Gasteiger partial charge in [-0.2, -0.15) is 0 Å². The van der Waals surface area contributed by atoms with Gasteiger partial charge in [-0.05, 0) is 23.3 Å². The van der Waals surface area contributed by atoms with Crippen LogP contribution in [-0.2, 0) is 31.3 Å². The lowest BCUT2D eigenvalue weighted by Gasteiger charge is -2.18. The summed E-state index contributed by atoms with van der Waals surface area (Å²) in [6.45, 7) is 3.63. The van der Waals surface area contributed by atoms with E-state index in [0.717, 1.165) is 5.56 Å². The topological polar surface area (TPSA) is 85.4 Å². The van der Waals surface area contributed by atoms with Gasteiger partial charge in [-0.25, -0.2) is 4.79 Å². The molecule has 1 aliphatic rings. The molecule has 6 heteroatoms. The Balaban J connectivity index is 1.71. The number of benzene rings is 2. The average Bonchev–Trinajstić information content (AvgIpc) is 3.52. The van der Waals surface area contributed by atoms with Crippen molar-refractivity contribution in [2.75, 3.05) is 13.2 Å². The van der Waals surface area contributed by atoms with Crippen LogP contribution in [0.1, 0.15) is 30.5 Å². The molecule has 152 valence electrons. The third-order valence-electron chi connectivity index (χ3n) is 4.55. The van der Waals surface area contributed by atoms with Crippen LogP contribution in [0.25, 0.3) is 6.08 Å². The number of hydrogen-bond donors (Lipinski definition) is 1. The van der Waals surface area contributed by atoms with Crippen molar-refractivity contribution in [3.05, 3.63) is 71.3 Å². The monoisotopic (exact) mass is 396 g/mol. The first kappa shape index (κ1) is 20.8. The van der Waals surface area contributed by atoms with Gasteiger partial charge in [0.1, 0.15) is 12.4 Å². The van der Waals surface area contributed by atoms with Crippen LogP contribution in [0.4, 0.5) is 0 Å². The molecule has 29 heavy (non-hydrogen) atoms. The molecule has 2 aromatic carbocycles. The summed E-state index contributed by atoms with van der Waals surface area (Å²) in [5.74, 6) is -0.877. The summed E-state index contributed by atoms with van der Waals surface area (Å²) in [5, 5.41) is 9.40. The quantitative estimate of drug-likeness (QED) is 0.319. The fourth-order valence-corrected chi connectivity index (χ4v) is 2.72. The first-order chi connectivity index (χ1) is 13.9. The summed E-state index contributed by atoms with van der Waals surface area (Å²) < 4.78 is 16.5. The maximum absolute atomic E-state index is 12.1. The predicted octanol–water partition coefficient (Wildman–Crippen LogP) is 3.22. The van der Waals surface area contributed by atoms with Gasteiger partial charge in [-0.1, -0.05) is 56.3 Å². The third kappa shape index (κ3) is 5.31. The van der Waals surface area contributed by atoms with E-state index in [1.807, 2.05) is 30.3 Å². The highest BCUT2D eigenvalue weighted by Gasteiger charge is 2.50. The van der Waals surface area contributed by atoms with Crippen molar-refractivity contribution in [3.63, 3.8) is 0 Å². The highest BCUT2D eigenvalue weighted by molar-refractivity contribution is 5.87. The summed E-state index contributed by atoms with van der Waals surface area (Å²) in [4.78, 5) is 24.2. The van der Waals surface area contributed by atoms with Gasteiger partial charge in [-0.15, -0.1) is 0 Å². The zero-order valence-corrected chi connectivity index (χ0v) is 16.5. The van der Waals surface area contributed by atoms with E-state index in [2.05, 4.69) is 0 Å². The fourth-order valence-electron chi connectivity index (χ4n) is 2.72. The molecule has 1 saturated heterocycles. The molecule has 1 aliphatic heterocycles. The number of esters is 2. The van der Waals surface area contributed by atoms with Gasteiger partial charge in [0.25, 0.3) is 0 Å². The maximum atomic E-state index is 12.1. The van der Waals surface area contributed by atoms with Crippen LogP contribution in [0, 0.1) is 5.92 Å². The molecule has 0 unspecified atom stereocenters. The first-order valence-electron chi connectivity index (χ1n) is 9.43. The number of rotatable bonds is 8. The molecule has 1 fully saturated rings. The minimum Gasteiger partial charge on any atom is -0.459 e. The van der Waals surface area contributed by atoms with Crippen LogP contribution in [-0.4, -0.2) is 30.3 Å². The van der Waals surface area contributed by atoms with Crippen molar-refractivity contribution in [3.8, 4) is 5.75 Å². The highest BCUT2D eigenvalue weighted by Crippen LogP contribution is 2.44. The Morgan fingerprint density at radius 3 is 2.55 bits per heavy atom. The molecule has 0 bridgehead atoms. The molecule has 0 aliphatic carbocycles. The van der Waals surface area contributed by atoms with Crippen molar-refractivity contribution in [2.24, 2.45) is 5.92 Å². The van der Waals surface area contributed by atoms with Crippen LogP contribution in [0.5, 0.6) is 5.75 Å². The second-order valence-corrected chi connectivity index (χ2v) is 7.20. The van der Waals surface area contributed by atoms with Gasteiger partial charge < -0.3 is 19.3 Å². The molecule has 0 spiro atoms. The molecule has 0 saturated carbocycles. The minimum atomic E-state index is -0.850. The standard InChI is InChI=1S/C23H24O6/c1-16(2)22(26)29-20-12-18(13-24)8-10-19(20)23(15-28-23)14-27-21(25)11-9-17-6-4-3-5-7-17/h3-12,16,24H,13-15H2,1-2H3/b11-9+/t23-/m1/s1. The van der Waals surface area contributed by atoms with Crippen LogP contribution >= 0.6 is 0 Å². The van der Waals surface area contributed by atoms with E-state index in [1.165, 1.54) is 6.08 Å². The molecular weight excluding hydrogens is 372 g/mol. The lowest BCUT2D eigenvalue weighted by atomic mass is 9.98. The SMILES string of the molecule is CC(C)C(=O)Oc1cc(CO)ccc1[C@@]1(COC(=O)/C=C/c2ccccc2)CO1. The van der Waals surface area contributed by atoms with Crippen molar-refractivity contribution in [2.45, 2.75) is 26.1 Å². The molecular formula is C23H24O6. The summed E-state index contributed by atoms with van der Waals surface area (Å²) in [6, 6.07) is 14.5. The van der Waals surface area contributed by atoms with Crippen molar-refractivity contribution >= 4 is 18.0 Å². The number of hydrogen-bond acceptors (Lipinski definition) is 6. The number of carbonyl (C=O) groups is 2.